The molecule has 0 aliphatic carbocycles. The van der Waals surface area contributed by atoms with Crippen molar-refractivity contribution < 1.29 is 4.79 Å². The average molecular weight is 255 g/mol. The molecule has 2 nitrogen and oxygen atoms in total. The van der Waals surface area contributed by atoms with Crippen LogP contribution in [-0.2, 0) is 4.79 Å². The topological polar surface area (TPSA) is 20.3 Å². The molecule has 2 rings (SSSR count). The molecule has 1 aliphatic heterocycles. The number of hydrogen-bond donors (Lipinski definition) is 0. The van der Waals surface area contributed by atoms with Crippen LogP contribution < -0.4 is 0 Å². The summed E-state index contributed by atoms with van der Waals surface area (Å²) in [6.45, 7) is 7.19. The molecule has 0 spiro atoms. The molecular formula is C12H17NOS2. The van der Waals surface area contributed by atoms with Crippen molar-refractivity contribution in [3.63, 3.8) is 0 Å². The summed E-state index contributed by atoms with van der Waals surface area (Å²) in [6, 6.07) is 4.18. The van der Waals surface area contributed by atoms with Crippen LogP contribution in [0.5, 0.6) is 0 Å². The van der Waals surface area contributed by atoms with E-state index in [1.165, 1.54) is 4.88 Å². The van der Waals surface area contributed by atoms with E-state index < -0.39 is 0 Å². The number of thioether (sulfide) groups is 1. The fraction of sp³-hybridized carbons (Fsp3) is 0.583. The molecule has 0 unspecified atom stereocenters. The van der Waals surface area contributed by atoms with Gasteiger partial charge in [-0.3, -0.25) is 4.79 Å². The predicted octanol–water partition coefficient (Wildman–Crippen LogP) is 3.37. The summed E-state index contributed by atoms with van der Waals surface area (Å²) in [5.41, 5.74) is 0. The maximum absolute atomic E-state index is 12.1. The maximum Gasteiger partial charge on any atom is 0.236 e. The molecule has 4 heteroatoms. The van der Waals surface area contributed by atoms with Gasteiger partial charge in [0.05, 0.1) is 5.25 Å². The Labute approximate surface area is 105 Å². The van der Waals surface area contributed by atoms with Gasteiger partial charge in [0.25, 0.3) is 0 Å². The quantitative estimate of drug-likeness (QED) is 0.825. The Hall–Kier alpha value is -0.480. The predicted molar refractivity (Wildman–Crippen MR) is 70.7 cm³/mol. The number of thiophene rings is 1. The van der Waals surface area contributed by atoms with E-state index in [0.717, 1.165) is 6.54 Å². The van der Waals surface area contributed by atoms with Gasteiger partial charge in [0.2, 0.25) is 5.91 Å². The molecule has 1 amide bonds. The van der Waals surface area contributed by atoms with E-state index >= 15 is 0 Å². The Balaban J connectivity index is 2.20. The van der Waals surface area contributed by atoms with E-state index in [4.69, 9.17) is 0 Å². The molecule has 1 aliphatic rings. The largest absolute Gasteiger partial charge is 0.325 e. The second-order valence-corrected chi connectivity index (χ2v) is 6.94. The van der Waals surface area contributed by atoms with Crippen LogP contribution in [-0.4, -0.2) is 22.6 Å². The molecule has 0 radical (unpaired) electrons. The number of nitrogens with zero attached hydrogens (tertiary/aromatic N) is 1. The first-order chi connectivity index (χ1) is 7.59. The van der Waals surface area contributed by atoms with Crippen LogP contribution in [0.4, 0.5) is 0 Å². The van der Waals surface area contributed by atoms with Gasteiger partial charge < -0.3 is 4.90 Å². The van der Waals surface area contributed by atoms with Crippen LogP contribution in [0.3, 0.4) is 0 Å². The van der Waals surface area contributed by atoms with Crippen molar-refractivity contribution in [2.45, 2.75) is 31.4 Å². The molecule has 0 N–H and O–H groups in total. The summed E-state index contributed by atoms with van der Waals surface area (Å²) >= 11 is 3.51. The lowest BCUT2D eigenvalue weighted by atomic mass is 10.2. The highest BCUT2D eigenvalue weighted by Gasteiger charge is 2.38. The average Bonchev–Trinajstić information content (AvgIpc) is 2.81. The van der Waals surface area contributed by atoms with Crippen LogP contribution in [0.2, 0.25) is 0 Å². The van der Waals surface area contributed by atoms with Crippen molar-refractivity contribution >= 4 is 29.0 Å². The minimum atomic E-state index is 0.103. The minimum Gasteiger partial charge on any atom is -0.325 e. The fourth-order valence-electron chi connectivity index (χ4n) is 1.91. The standard InChI is InChI=1S/C12H17NOS2/c1-8(2)7-13-11(14)9(3)16-12(13)10-5-4-6-15-10/h4-6,8-9,12H,7H2,1-3H3/t9-,12-/m1/s1. The lowest BCUT2D eigenvalue weighted by Gasteiger charge is -2.24. The van der Waals surface area contributed by atoms with Crippen molar-refractivity contribution in [2.24, 2.45) is 5.92 Å². The van der Waals surface area contributed by atoms with E-state index in [9.17, 15) is 4.79 Å². The highest BCUT2D eigenvalue weighted by molar-refractivity contribution is 8.01. The van der Waals surface area contributed by atoms with Gasteiger partial charge in [-0.2, -0.15) is 0 Å². The van der Waals surface area contributed by atoms with Gasteiger partial charge in [0, 0.05) is 11.4 Å². The van der Waals surface area contributed by atoms with E-state index in [2.05, 4.69) is 31.4 Å². The Bertz CT molecular complexity index is 361. The smallest absolute Gasteiger partial charge is 0.236 e. The number of carbonyl (C=O) groups excluding carboxylic acids is 1. The first-order valence-corrected chi connectivity index (χ1v) is 7.41. The van der Waals surface area contributed by atoms with Crippen LogP contribution in [0.1, 0.15) is 31.0 Å². The second-order valence-electron chi connectivity index (χ2n) is 4.53. The molecule has 16 heavy (non-hydrogen) atoms. The molecule has 1 aromatic rings. The zero-order chi connectivity index (χ0) is 11.7. The summed E-state index contributed by atoms with van der Waals surface area (Å²) < 4.78 is 0. The SMILES string of the molecule is CC(C)CN1C(=O)[C@@H](C)S[C@@H]1c1cccs1. The summed E-state index contributed by atoms with van der Waals surface area (Å²) in [5, 5.41) is 2.42. The van der Waals surface area contributed by atoms with Crippen LogP contribution >= 0.6 is 23.1 Å². The van der Waals surface area contributed by atoms with E-state index in [0.29, 0.717) is 5.92 Å². The highest BCUT2D eigenvalue weighted by atomic mass is 32.2. The Morgan fingerprint density at radius 1 is 1.50 bits per heavy atom. The Morgan fingerprint density at radius 3 is 2.81 bits per heavy atom. The van der Waals surface area contributed by atoms with Gasteiger partial charge in [-0.25, -0.2) is 0 Å². The van der Waals surface area contributed by atoms with E-state index in [-0.39, 0.29) is 16.5 Å². The molecule has 0 bridgehead atoms. The molecule has 0 saturated carbocycles. The van der Waals surface area contributed by atoms with Crippen LogP contribution in [0.25, 0.3) is 0 Å². The van der Waals surface area contributed by atoms with Gasteiger partial charge in [-0.15, -0.1) is 23.1 Å². The monoisotopic (exact) mass is 255 g/mol. The second kappa shape index (κ2) is 4.80. The number of carbonyl (C=O) groups is 1. The first kappa shape index (κ1) is 12.0. The summed E-state index contributed by atoms with van der Waals surface area (Å²) in [6.07, 6.45) is 0. The third-order valence-corrected chi connectivity index (χ3v) is 5.05. The summed E-state index contributed by atoms with van der Waals surface area (Å²) in [5.74, 6) is 0.814. The summed E-state index contributed by atoms with van der Waals surface area (Å²) in [4.78, 5) is 15.4. The normalized spacial score (nSPS) is 25.8. The van der Waals surface area contributed by atoms with Crippen molar-refractivity contribution in [1.29, 1.82) is 0 Å². The third kappa shape index (κ3) is 2.28. The van der Waals surface area contributed by atoms with Crippen LogP contribution in [0, 0.1) is 5.92 Å². The van der Waals surface area contributed by atoms with Gasteiger partial charge >= 0.3 is 0 Å². The number of amides is 1. The zero-order valence-electron chi connectivity index (χ0n) is 9.84. The molecular weight excluding hydrogens is 238 g/mol. The molecule has 2 heterocycles. The fourth-order valence-corrected chi connectivity index (χ4v) is 4.14. The van der Waals surface area contributed by atoms with Crippen molar-refractivity contribution in [3.8, 4) is 0 Å². The molecule has 1 fully saturated rings. The minimum absolute atomic E-state index is 0.103. The van der Waals surface area contributed by atoms with E-state index in [1.807, 2.05) is 11.8 Å². The molecule has 1 saturated heterocycles. The van der Waals surface area contributed by atoms with Crippen molar-refractivity contribution in [1.82, 2.24) is 4.90 Å². The van der Waals surface area contributed by atoms with Gasteiger partial charge in [0.15, 0.2) is 0 Å². The number of hydrogen-bond acceptors (Lipinski definition) is 3. The Kier molecular flexibility index (Phi) is 3.60. The molecule has 88 valence electrons. The summed E-state index contributed by atoms with van der Waals surface area (Å²) in [7, 11) is 0. The van der Waals surface area contributed by atoms with Crippen LogP contribution in [0.15, 0.2) is 17.5 Å². The lowest BCUT2D eigenvalue weighted by molar-refractivity contribution is -0.130. The number of rotatable bonds is 3. The highest BCUT2D eigenvalue weighted by Crippen LogP contribution is 2.44. The van der Waals surface area contributed by atoms with Gasteiger partial charge in [0.1, 0.15) is 5.37 Å². The van der Waals surface area contributed by atoms with Crippen molar-refractivity contribution in [2.75, 3.05) is 6.54 Å². The molecule has 1 aromatic heterocycles. The van der Waals surface area contributed by atoms with E-state index in [1.54, 1.807) is 23.1 Å². The van der Waals surface area contributed by atoms with Gasteiger partial charge in [-0.1, -0.05) is 19.9 Å². The van der Waals surface area contributed by atoms with Gasteiger partial charge in [-0.05, 0) is 24.3 Å². The molecule has 2 atom stereocenters. The zero-order valence-corrected chi connectivity index (χ0v) is 11.5. The van der Waals surface area contributed by atoms with Crippen molar-refractivity contribution in [3.05, 3.63) is 22.4 Å². The third-order valence-electron chi connectivity index (χ3n) is 2.60. The maximum atomic E-state index is 12.1. The lowest BCUT2D eigenvalue weighted by Crippen LogP contribution is -2.33. The Morgan fingerprint density at radius 2 is 2.25 bits per heavy atom. The first-order valence-electron chi connectivity index (χ1n) is 5.59. The molecule has 0 aromatic carbocycles.